The highest BCUT2D eigenvalue weighted by Gasteiger charge is 2.27. The Morgan fingerprint density at radius 2 is 1.33 bits per heavy atom. The molecule has 0 aromatic carbocycles. The van der Waals surface area contributed by atoms with Crippen molar-refractivity contribution < 1.29 is 30.6 Å². The molecule has 1 saturated heterocycles. The predicted molar refractivity (Wildman–Crippen MR) is 94.5 cm³/mol. The number of aliphatic hydroxyl groups excluding tert-OH is 2. The molecule has 1 rings (SSSR count). The van der Waals surface area contributed by atoms with Crippen molar-refractivity contribution in [2.45, 2.75) is 78.5 Å². The molecule has 6 N–H and O–H groups in total. The fourth-order valence-corrected chi connectivity index (χ4v) is 1.40. The van der Waals surface area contributed by atoms with Gasteiger partial charge in [0, 0.05) is 26.3 Å². The van der Waals surface area contributed by atoms with E-state index in [0.717, 1.165) is 0 Å². The van der Waals surface area contributed by atoms with Crippen LogP contribution in [0.15, 0.2) is 0 Å². The Morgan fingerprint density at radius 3 is 1.50 bits per heavy atom. The number of aliphatic hydroxyl groups is 2. The van der Waals surface area contributed by atoms with Crippen LogP contribution in [0.4, 0.5) is 0 Å². The van der Waals surface area contributed by atoms with E-state index in [1.807, 2.05) is 27.7 Å². The second-order valence-electron chi connectivity index (χ2n) is 5.40. The van der Waals surface area contributed by atoms with Crippen LogP contribution >= 0.6 is 0 Å². The van der Waals surface area contributed by atoms with E-state index in [1.165, 1.54) is 0 Å². The Hall–Kier alpha value is -0.320. The lowest BCUT2D eigenvalue weighted by Crippen LogP contribution is -2.26. The lowest BCUT2D eigenvalue weighted by atomic mass is 10.3. The van der Waals surface area contributed by atoms with E-state index in [-0.39, 0.29) is 26.2 Å². The quantitative estimate of drug-likeness (QED) is 0.480. The molecule has 0 aromatic heterocycles. The number of hydrogen-bond acceptors (Lipinski definition) is 8. The van der Waals surface area contributed by atoms with Gasteiger partial charge in [0.15, 0.2) is 12.6 Å². The standard InChI is InChI=1S/C6H13NO2.C6H15NO2.C4H10O2/c1-4-5(2)9-6(3-7)8-4;1-3-8-6(5-7)9-4-2;1-3(5)4(2)6/h4-6H,3,7H2,1-2H3;6H,3-5,7H2,1-2H3;3-6H,1-2H3/p+1. The van der Waals surface area contributed by atoms with E-state index in [1.54, 1.807) is 13.8 Å². The van der Waals surface area contributed by atoms with Crippen LogP contribution in [-0.2, 0) is 18.9 Å². The van der Waals surface area contributed by atoms with Crippen molar-refractivity contribution in [1.82, 2.24) is 0 Å². The van der Waals surface area contributed by atoms with Crippen LogP contribution in [0.1, 0.15) is 43.0 Å². The van der Waals surface area contributed by atoms with Gasteiger partial charge in [-0.05, 0) is 41.5 Å². The monoisotopic (exact) mass is 355 g/mol. The minimum atomic E-state index is -0.593. The molecule has 1 aliphatic heterocycles. The third kappa shape index (κ3) is 14.1. The van der Waals surface area contributed by atoms with Gasteiger partial charge in [-0.1, -0.05) is 0 Å². The molecule has 0 spiro atoms. The summed E-state index contributed by atoms with van der Waals surface area (Å²) in [5.74, 6) is 0. The fourth-order valence-electron chi connectivity index (χ4n) is 1.40. The highest BCUT2D eigenvalue weighted by atomic mass is 16.7. The molecule has 24 heavy (non-hydrogen) atoms. The fraction of sp³-hybridized carbons (Fsp3) is 1.00. The van der Waals surface area contributed by atoms with Crippen molar-refractivity contribution in [2.75, 3.05) is 26.3 Å². The summed E-state index contributed by atoms with van der Waals surface area (Å²) >= 11 is 0. The second-order valence-corrected chi connectivity index (χ2v) is 5.40. The first-order chi connectivity index (χ1) is 11.2. The highest BCUT2D eigenvalue weighted by molar-refractivity contribution is 4.68. The van der Waals surface area contributed by atoms with Gasteiger partial charge in [-0.3, -0.25) is 0 Å². The van der Waals surface area contributed by atoms with Crippen LogP contribution < -0.4 is 11.5 Å². The summed E-state index contributed by atoms with van der Waals surface area (Å²) in [6.07, 6.45) is -1.18. The molecular formula is C16H39N2O6+. The normalized spacial score (nSPS) is 25.4. The van der Waals surface area contributed by atoms with Gasteiger partial charge < -0.3 is 40.6 Å². The van der Waals surface area contributed by atoms with Crippen LogP contribution in [0, 0.1) is 0 Å². The molecule has 148 valence electrons. The van der Waals surface area contributed by atoms with Gasteiger partial charge in [0.2, 0.25) is 0 Å². The zero-order chi connectivity index (χ0) is 19.1. The van der Waals surface area contributed by atoms with E-state index in [9.17, 15) is 0 Å². The van der Waals surface area contributed by atoms with Crippen molar-refractivity contribution in [3.05, 3.63) is 0 Å². The predicted octanol–water partition coefficient (Wildman–Crippen LogP) is 0.300. The molecule has 0 aliphatic carbocycles. The van der Waals surface area contributed by atoms with E-state index in [2.05, 4.69) is 0 Å². The maximum atomic E-state index is 8.38. The summed E-state index contributed by atoms with van der Waals surface area (Å²) in [5.41, 5.74) is 10.6. The van der Waals surface area contributed by atoms with Gasteiger partial charge in [-0.15, -0.1) is 0 Å². The van der Waals surface area contributed by atoms with Crippen LogP contribution in [0.3, 0.4) is 0 Å². The number of ether oxygens (including phenoxy) is 4. The van der Waals surface area contributed by atoms with Crippen LogP contribution in [0.25, 0.3) is 0 Å². The third-order valence-electron chi connectivity index (χ3n) is 3.18. The Bertz CT molecular complexity index is 251. The van der Waals surface area contributed by atoms with Crippen molar-refractivity contribution in [2.24, 2.45) is 11.5 Å². The van der Waals surface area contributed by atoms with E-state index in [0.29, 0.717) is 26.3 Å². The van der Waals surface area contributed by atoms with Crippen molar-refractivity contribution in [1.29, 1.82) is 0 Å². The minimum Gasteiger partial charge on any atom is -0.391 e. The molecule has 8 nitrogen and oxygen atoms in total. The molecule has 0 saturated carbocycles. The SMILES string of the molecule is CC(O)C(C)O.CC1OC(CN)OC1C.CCOC(CN)OCC.[H+]. The Morgan fingerprint density at radius 1 is 0.958 bits per heavy atom. The summed E-state index contributed by atoms with van der Waals surface area (Å²) in [4.78, 5) is 0. The van der Waals surface area contributed by atoms with Crippen LogP contribution in [0.2, 0.25) is 0 Å². The number of nitrogens with two attached hydrogens (primary N) is 2. The van der Waals surface area contributed by atoms with Gasteiger partial charge in [-0.2, -0.15) is 0 Å². The maximum Gasteiger partial charge on any atom is 1.00 e. The Labute approximate surface area is 147 Å². The van der Waals surface area contributed by atoms with E-state index in [4.69, 9.17) is 40.6 Å². The van der Waals surface area contributed by atoms with Crippen molar-refractivity contribution in [3.63, 3.8) is 0 Å². The average Bonchev–Trinajstić information content (AvgIpc) is 2.87. The average molecular weight is 355 g/mol. The highest BCUT2D eigenvalue weighted by Crippen LogP contribution is 2.16. The molecule has 4 atom stereocenters. The number of rotatable bonds is 7. The van der Waals surface area contributed by atoms with Crippen molar-refractivity contribution in [3.8, 4) is 0 Å². The summed E-state index contributed by atoms with van der Waals surface area (Å²) in [6.45, 7) is 13.1. The van der Waals surface area contributed by atoms with Gasteiger partial charge in [0.1, 0.15) is 0 Å². The molecular weight excluding hydrogens is 316 g/mol. The minimum absolute atomic E-state index is 0. The molecule has 1 heterocycles. The molecule has 0 radical (unpaired) electrons. The summed E-state index contributed by atoms with van der Waals surface area (Å²) in [5, 5.41) is 16.8. The Balaban J connectivity index is -0.000000292. The maximum absolute atomic E-state index is 8.38. The molecule has 0 bridgehead atoms. The zero-order valence-electron chi connectivity index (χ0n) is 17.0. The molecule has 1 aliphatic rings. The third-order valence-corrected chi connectivity index (χ3v) is 3.18. The molecule has 0 aromatic rings. The van der Waals surface area contributed by atoms with Gasteiger partial charge in [-0.25, -0.2) is 0 Å². The zero-order valence-corrected chi connectivity index (χ0v) is 16.0. The first kappa shape index (κ1) is 25.9. The summed E-state index contributed by atoms with van der Waals surface area (Å²) in [6, 6.07) is 0. The summed E-state index contributed by atoms with van der Waals surface area (Å²) in [7, 11) is 0. The Kier molecular flexibility index (Phi) is 17.5. The van der Waals surface area contributed by atoms with Gasteiger partial charge in [0.25, 0.3) is 0 Å². The van der Waals surface area contributed by atoms with Gasteiger partial charge in [0.05, 0.1) is 24.4 Å². The second kappa shape index (κ2) is 16.2. The smallest absolute Gasteiger partial charge is 0.391 e. The van der Waals surface area contributed by atoms with Crippen LogP contribution in [-0.4, -0.2) is 73.5 Å². The van der Waals surface area contributed by atoms with E-state index < -0.39 is 12.2 Å². The molecule has 4 unspecified atom stereocenters. The molecule has 0 amide bonds. The first-order valence-corrected chi connectivity index (χ1v) is 8.53. The van der Waals surface area contributed by atoms with Crippen molar-refractivity contribution >= 4 is 0 Å². The topological polar surface area (TPSA) is 129 Å². The number of hydrogen-bond donors (Lipinski definition) is 4. The largest absolute Gasteiger partial charge is 1.00 e. The summed E-state index contributed by atoms with van der Waals surface area (Å²) < 4.78 is 20.7. The van der Waals surface area contributed by atoms with E-state index >= 15 is 0 Å². The lowest BCUT2D eigenvalue weighted by molar-refractivity contribution is -0.128. The first-order valence-electron chi connectivity index (χ1n) is 8.53. The van der Waals surface area contributed by atoms with Crippen LogP contribution in [0.5, 0.6) is 0 Å². The molecule has 1 fully saturated rings. The van der Waals surface area contributed by atoms with Gasteiger partial charge >= 0.3 is 1.43 Å². The lowest BCUT2D eigenvalue weighted by Gasteiger charge is -2.13. The molecule has 8 heteroatoms.